The number of amides is 1. The van der Waals surface area contributed by atoms with Crippen molar-refractivity contribution in [3.63, 3.8) is 0 Å². The minimum absolute atomic E-state index is 0.0523. The first-order valence-corrected chi connectivity index (χ1v) is 16.0. The predicted molar refractivity (Wildman–Crippen MR) is 166 cm³/mol. The minimum Gasteiger partial charge on any atom is -0.508 e. The third-order valence-corrected chi connectivity index (χ3v) is 10.9. The number of primary amides is 1. The Hall–Kier alpha value is -4.99. The number of likely N-dealkylation sites (N-methyl/N-ethyl adjacent to an activating group) is 1. The molecule has 1 saturated carbocycles. The van der Waals surface area contributed by atoms with Crippen LogP contribution in [0.1, 0.15) is 29.0 Å². The molecule has 2 aromatic carbocycles. The number of anilines is 1. The molecular weight excluding hydrogens is 632 g/mol. The van der Waals surface area contributed by atoms with Crippen LogP contribution in [-0.4, -0.2) is 82.1 Å². The van der Waals surface area contributed by atoms with Gasteiger partial charge in [-0.3, -0.25) is 24.0 Å². The van der Waals surface area contributed by atoms with Crippen molar-refractivity contribution in [3.8, 4) is 16.9 Å². The van der Waals surface area contributed by atoms with Gasteiger partial charge in [-0.05, 0) is 81.6 Å². The molecule has 7 N–H and O–H groups in total. The minimum atomic E-state index is -4.00. The maximum Gasteiger partial charge on any atom is 0.267 e. The van der Waals surface area contributed by atoms with Crippen LogP contribution in [0.5, 0.6) is 5.75 Å². The zero-order chi connectivity index (χ0) is 34.3. The molecule has 0 spiro atoms. The summed E-state index contributed by atoms with van der Waals surface area (Å²) in [6, 6.07) is 8.13. The largest absolute Gasteiger partial charge is 0.508 e. The second-order valence-corrected chi connectivity index (χ2v) is 13.9. The molecule has 0 radical (unpaired) electrons. The van der Waals surface area contributed by atoms with E-state index < -0.39 is 68.1 Å². The first-order chi connectivity index (χ1) is 22.0. The summed E-state index contributed by atoms with van der Waals surface area (Å²) in [6.07, 6.45) is 0.0436. The summed E-state index contributed by atoms with van der Waals surface area (Å²) in [4.78, 5) is 40.9. The number of nitrogens with two attached hydrogens (primary N) is 1. The normalized spacial score (nSPS) is 24.3. The molecule has 3 aromatic rings. The van der Waals surface area contributed by atoms with E-state index in [-0.39, 0.29) is 51.8 Å². The van der Waals surface area contributed by atoms with Gasteiger partial charge in [-0.15, -0.1) is 0 Å². The highest BCUT2D eigenvalue weighted by molar-refractivity contribution is 7.92. The highest BCUT2D eigenvalue weighted by Crippen LogP contribution is 2.53. The number of hydrogen-bond acceptors (Lipinski definition) is 12. The number of phenols is 1. The van der Waals surface area contributed by atoms with Crippen LogP contribution in [0.3, 0.4) is 0 Å². The Morgan fingerprint density at radius 3 is 2.32 bits per heavy atom. The van der Waals surface area contributed by atoms with Crippen LogP contribution >= 0.6 is 0 Å². The summed E-state index contributed by atoms with van der Waals surface area (Å²) >= 11 is 0. The van der Waals surface area contributed by atoms with Crippen LogP contribution in [0.25, 0.3) is 16.9 Å². The van der Waals surface area contributed by atoms with Gasteiger partial charge in [0.25, 0.3) is 15.9 Å². The van der Waals surface area contributed by atoms with Gasteiger partial charge in [0.15, 0.2) is 22.0 Å². The van der Waals surface area contributed by atoms with E-state index in [9.17, 15) is 43.2 Å². The van der Waals surface area contributed by atoms with Crippen molar-refractivity contribution in [3.05, 3.63) is 75.9 Å². The number of carbonyl (C=O) groups excluding carboxylic acids is 3. The molecule has 3 aliphatic carbocycles. The van der Waals surface area contributed by atoms with E-state index in [1.165, 1.54) is 38.9 Å². The van der Waals surface area contributed by atoms with Crippen LogP contribution in [0, 0.1) is 25.7 Å². The van der Waals surface area contributed by atoms with Gasteiger partial charge in [0, 0.05) is 17.2 Å². The van der Waals surface area contributed by atoms with Crippen LogP contribution in [0.2, 0.25) is 0 Å². The molecule has 0 bridgehead atoms. The van der Waals surface area contributed by atoms with Gasteiger partial charge in [-0.1, -0.05) is 23.4 Å². The van der Waals surface area contributed by atoms with E-state index >= 15 is 0 Å². The number of aliphatic hydroxyl groups excluding tert-OH is 2. The Bertz CT molecular complexity index is 2040. The van der Waals surface area contributed by atoms with Crippen molar-refractivity contribution in [2.45, 2.75) is 43.2 Å². The van der Waals surface area contributed by atoms with Crippen molar-refractivity contribution in [1.82, 2.24) is 10.1 Å². The summed E-state index contributed by atoms with van der Waals surface area (Å²) in [5, 5.41) is 48.8. The number of phenolic OH excluding ortho intramolecular Hbond substituents is 1. The third kappa shape index (κ3) is 4.64. The Kier molecular flexibility index (Phi) is 7.34. The third-order valence-electron chi connectivity index (χ3n) is 9.29. The van der Waals surface area contributed by atoms with E-state index in [1.54, 1.807) is 30.3 Å². The zero-order valence-corrected chi connectivity index (χ0v) is 26.5. The van der Waals surface area contributed by atoms with E-state index in [4.69, 9.17) is 10.3 Å². The quantitative estimate of drug-likeness (QED) is 0.208. The summed E-state index contributed by atoms with van der Waals surface area (Å²) < 4.78 is 33.5. The number of aromatic nitrogens is 1. The van der Waals surface area contributed by atoms with Crippen LogP contribution in [0.15, 0.2) is 62.7 Å². The van der Waals surface area contributed by atoms with Crippen molar-refractivity contribution in [2.24, 2.45) is 17.6 Å². The maximum atomic E-state index is 14.0. The number of nitrogens with zero attached hydrogens (tertiary/aromatic N) is 2. The number of ketones is 2. The number of aliphatic hydroxyl groups is 3. The van der Waals surface area contributed by atoms with Gasteiger partial charge < -0.3 is 30.7 Å². The Morgan fingerprint density at radius 2 is 1.74 bits per heavy atom. The standard InChI is InChI=1S/C32H32N4O10S/c1-13-28(14(2)46-34-13)47(44,45)35-17-7-5-15(6-8-17)18-9-10-21(37)23-19(18)11-16-12-20-25(36(3)4)27(39)24(31(33)42)30(41)32(20,43)29(40)22(16)26(23)38/h5-10,16,20,25,35,37-38,41,43H,11-12H2,1-4H3,(H2,33,42)/t16-,20-,25?,32-/m0/s1. The number of aryl methyl sites for hydroxylation is 2. The summed E-state index contributed by atoms with van der Waals surface area (Å²) in [5.41, 5.74) is 3.55. The molecule has 1 unspecified atom stereocenters. The van der Waals surface area contributed by atoms with Crippen molar-refractivity contribution < 1.29 is 47.8 Å². The number of nitrogens with one attached hydrogen (secondary N) is 1. The molecule has 4 atom stereocenters. The van der Waals surface area contributed by atoms with Gasteiger partial charge >= 0.3 is 0 Å². The first kappa shape index (κ1) is 32.0. The number of carbonyl (C=O) groups is 3. The average Bonchev–Trinajstić information content (AvgIpc) is 3.33. The van der Waals surface area contributed by atoms with Crippen LogP contribution in [0.4, 0.5) is 5.69 Å². The number of sulfonamides is 1. The van der Waals surface area contributed by atoms with Gasteiger partial charge in [-0.25, -0.2) is 8.42 Å². The molecule has 1 heterocycles. The molecule has 6 rings (SSSR count). The molecule has 0 aliphatic heterocycles. The Morgan fingerprint density at radius 1 is 1.09 bits per heavy atom. The number of Topliss-reactive ketones (excluding diaryl/α,β-unsaturated/α-hetero) is 2. The van der Waals surface area contributed by atoms with Gasteiger partial charge in [0.2, 0.25) is 5.78 Å². The molecule has 1 aromatic heterocycles. The number of hydrogen-bond donors (Lipinski definition) is 6. The fraction of sp³-hybridized carbons (Fsp3) is 0.312. The molecule has 15 heteroatoms. The number of rotatable bonds is 6. The summed E-state index contributed by atoms with van der Waals surface area (Å²) in [7, 11) is -0.942. The Labute approximate surface area is 268 Å². The topological polar surface area (TPSA) is 234 Å². The predicted octanol–water partition coefficient (Wildman–Crippen LogP) is 2.04. The number of aromatic hydroxyl groups is 1. The van der Waals surface area contributed by atoms with E-state index in [1.807, 2.05) is 0 Å². The molecule has 0 saturated heterocycles. The average molecular weight is 665 g/mol. The lowest BCUT2D eigenvalue weighted by molar-refractivity contribution is -0.153. The van der Waals surface area contributed by atoms with Crippen LogP contribution in [-0.2, 0) is 30.8 Å². The van der Waals surface area contributed by atoms with Gasteiger partial charge in [0.1, 0.15) is 28.5 Å². The molecule has 14 nitrogen and oxygen atoms in total. The van der Waals surface area contributed by atoms with Crippen LogP contribution < -0.4 is 10.5 Å². The van der Waals surface area contributed by atoms with Crippen molar-refractivity contribution >= 4 is 38.9 Å². The molecule has 47 heavy (non-hydrogen) atoms. The lowest BCUT2D eigenvalue weighted by Crippen LogP contribution is -2.65. The second-order valence-electron chi connectivity index (χ2n) is 12.3. The fourth-order valence-electron chi connectivity index (χ4n) is 7.30. The van der Waals surface area contributed by atoms with E-state index in [0.29, 0.717) is 16.7 Å². The van der Waals surface area contributed by atoms with Gasteiger partial charge in [0.05, 0.1) is 11.6 Å². The SMILES string of the molecule is Cc1noc(C)c1S(=O)(=O)Nc1ccc(-c2ccc(O)c3c2C[C@H]2C[C@H]4C(N(C)C)C(=O)C(C(N)=O)=C(O)[C@@]4(O)C(=O)C2=C3O)cc1. The smallest absolute Gasteiger partial charge is 0.267 e. The molecule has 1 fully saturated rings. The summed E-state index contributed by atoms with van der Waals surface area (Å²) in [6.45, 7) is 3.01. The van der Waals surface area contributed by atoms with Crippen molar-refractivity contribution in [1.29, 1.82) is 0 Å². The van der Waals surface area contributed by atoms with E-state index in [0.717, 1.165) is 0 Å². The maximum absolute atomic E-state index is 14.0. The first-order valence-electron chi connectivity index (χ1n) is 14.6. The lowest BCUT2D eigenvalue weighted by atomic mass is 9.57. The monoisotopic (exact) mass is 664 g/mol. The zero-order valence-electron chi connectivity index (χ0n) is 25.7. The molecule has 1 amide bonds. The van der Waals surface area contributed by atoms with Crippen molar-refractivity contribution in [2.75, 3.05) is 18.8 Å². The van der Waals surface area contributed by atoms with Gasteiger partial charge in [-0.2, -0.15) is 0 Å². The molecule has 3 aliphatic rings. The highest BCUT2D eigenvalue weighted by Gasteiger charge is 2.64. The Balaban J connectivity index is 1.42. The number of benzene rings is 2. The summed E-state index contributed by atoms with van der Waals surface area (Å²) in [5.74, 6) is -7.16. The molecule has 246 valence electrons. The highest BCUT2D eigenvalue weighted by atomic mass is 32.2. The van der Waals surface area contributed by atoms with E-state index in [2.05, 4.69) is 9.88 Å². The lowest BCUT2D eigenvalue weighted by Gasteiger charge is -2.50. The molecular formula is C32H32N4O10S. The second kappa shape index (κ2) is 10.8. The fourth-order valence-corrected chi connectivity index (χ4v) is 8.69. The number of fused-ring (bicyclic) bond motifs is 3.